The van der Waals surface area contributed by atoms with E-state index in [0.717, 1.165) is 43.6 Å². The molecule has 1 saturated carbocycles. The molecule has 0 unspecified atom stereocenters. The smallest absolute Gasteiger partial charge is 0.134 e. The van der Waals surface area contributed by atoms with Crippen LogP contribution in [0, 0.1) is 12.8 Å². The standard InChI is InChI=1S/C15H24N4/c1-11-18-14-7-8-16-10-13(14)15(19-11)17-9-6-12-4-2-3-5-12/h12,16H,2-10H2,1H3,(H,17,18,19). The summed E-state index contributed by atoms with van der Waals surface area (Å²) in [6.45, 7) is 4.98. The highest BCUT2D eigenvalue weighted by Crippen LogP contribution is 2.27. The number of nitrogens with zero attached hydrogens (tertiary/aromatic N) is 2. The molecular weight excluding hydrogens is 236 g/mol. The molecule has 1 aliphatic carbocycles. The van der Waals surface area contributed by atoms with Crippen molar-refractivity contribution < 1.29 is 0 Å². The first-order valence-corrected chi connectivity index (χ1v) is 7.64. The molecule has 104 valence electrons. The SMILES string of the molecule is Cc1nc2c(c(NCCC3CCCC3)n1)CNCC2. The summed E-state index contributed by atoms with van der Waals surface area (Å²) in [6.07, 6.45) is 8.00. The van der Waals surface area contributed by atoms with E-state index in [4.69, 9.17) is 0 Å². The molecule has 1 aliphatic heterocycles. The fourth-order valence-electron chi connectivity index (χ4n) is 3.31. The Morgan fingerprint density at radius 2 is 2.11 bits per heavy atom. The molecule has 2 N–H and O–H groups in total. The van der Waals surface area contributed by atoms with Gasteiger partial charge in [-0.2, -0.15) is 0 Å². The molecule has 3 rings (SSSR count). The fourth-order valence-corrected chi connectivity index (χ4v) is 3.31. The van der Waals surface area contributed by atoms with Gasteiger partial charge in [-0.1, -0.05) is 25.7 Å². The molecule has 0 aromatic carbocycles. The largest absolute Gasteiger partial charge is 0.370 e. The minimum atomic E-state index is 0.893. The van der Waals surface area contributed by atoms with E-state index < -0.39 is 0 Å². The van der Waals surface area contributed by atoms with Crippen molar-refractivity contribution in [2.75, 3.05) is 18.4 Å². The maximum absolute atomic E-state index is 4.59. The lowest BCUT2D eigenvalue weighted by atomic mass is 10.0. The number of anilines is 1. The van der Waals surface area contributed by atoms with E-state index in [0.29, 0.717) is 0 Å². The van der Waals surface area contributed by atoms with Crippen LogP contribution in [0.1, 0.15) is 49.2 Å². The first-order chi connectivity index (χ1) is 9.33. The third-order valence-electron chi connectivity index (χ3n) is 4.36. The molecule has 1 aromatic rings. The summed E-state index contributed by atoms with van der Waals surface area (Å²) in [5.74, 6) is 2.89. The predicted molar refractivity (Wildman–Crippen MR) is 77.2 cm³/mol. The highest BCUT2D eigenvalue weighted by atomic mass is 15.0. The summed E-state index contributed by atoms with van der Waals surface area (Å²) < 4.78 is 0. The van der Waals surface area contributed by atoms with Gasteiger partial charge in [0, 0.05) is 31.6 Å². The van der Waals surface area contributed by atoms with Gasteiger partial charge in [0.1, 0.15) is 11.6 Å². The van der Waals surface area contributed by atoms with Crippen LogP contribution < -0.4 is 10.6 Å². The maximum Gasteiger partial charge on any atom is 0.134 e. The van der Waals surface area contributed by atoms with E-state index in [-0.39, 0.29) is 0 Å². The van der Waals surface area contributed by atoms with Crippen molar-refractivity contribution in [3.8, 4) is 0 Å². The molecule has 19 heavy (non-hydrogen) atoms. The summed E-state index contributed by atoms with van der Waals surface area (Å²) in [6, 6.07) is 0. The minimum absolute atomic E-state index is 0.893. The van der Waals surface area contributed by atoms with E-state index in [1.807, 2.05) is 6.92 Å². The Kier molecular flexibility index (Phi) is 3.97. The van der Waals surface area contributed by atoms with Crippen LogP contribution in [0.3, 0.4) is 0 Å². The lowest BCUT2D eigenvalue weighted by Gasteiger charge is -2.20. The second kappa shape index (κ2) is 5.87. The van der Waals surface area contributed by atoms with Crippen molar-refractivity contribution in [2.45, 2.75) is 52.0 Å². The average molecular weight is 260 g/mol. The molecule has 1 aromatic heterocycles. The molecule has 0 atom stereocenters. The Morgan fingerprint density at radius 1 is 1.26 bits per heavy atom. The van der Waals surface area contributed by atoms with Crippen molar-refractivity contribution in [3.63, 3.8) is 0 Å². The van der Waals surface area contributed by atoms with Crippen molar-refractivity contribution in [1.82, 2.24) is 15.3 Å². The van der Waals surface area contributed by atoms with Gasteiger partial charge in [0.15, 0.2) is 0 Å². The van der Waals surface area contributed by atoms with E-state index in [1.54, 1.807) is 0 Å². The summed E-state index contributed by atoms with van der Waals surface area (Å²) in [7, 11) is 0. The highest BCUT2D eigenvalue weighted by Gasteiger charge is 2.17. The van der Waals surface area contributed by atoms with Gasteiger partial charge in [0.25, 0.3) is 0 Å². The predicted octanol–water partition coefficient (Wildman–Crippen LogP) is 2.42. The number of fused-ring (bicyclic) bond motifs is 1. The van der Waals surface area contributed by atoms with Gasteiger partial charge in [-0.25, -0.2) is 9.97 Å². The van der Waals surface area contributed by atoms with Crippen LogP contribution in [0.15, 0.2) is 0 Å². The topological polar surface area (TPSA) is 49.8 Å². The molecule has 0 radical (unpaired) electrons. The highest BCUT2D eigenvalue weighted by molar-refractivity contribution is 5.47. The van der Waals surface area contributed by atoms with Crippen LogP contribution in [-0.2, 0) is 13.0 Å². The monoisotopic (exact) mass is 260 g/mol. The van der Waals surface area contributed by atoms with E-state index in [9.17, 15) is 0 Å². The van der Waals surface area contributed by atoms with Crippen molar-refractivity contribution in [2.24, 2.45) is 5.92 Å². The van der Waals surface area contributed by atoms with Crippen LogP contribution >= 0.6 is 0 Å². The zero-order valence-corrected chi connectivity index (χ0v) is 11.8. The molecule has 0 saturated heterocycles. The van der Waals surface area contributed by atoms with E-state index >= 15 is 0 Å². The fraction of sp³-hybridized carbons (Fsp3) is 0.733. The van der Waals surface area contributed by atoms with Crippen molar-refractivity contribution in [1.29, 1.82) is 0 Å². The maximum atomic E-state index is 4.59. The number of aromatic nitrogens is 2. The van der Waals surface area contributed by atoms with Crippen LogP contribution in [0.25, 0.3) is 0 Å². The van der Waals surface area contributed by atoms with Gasteiger partial charge >= 0.3 is 0 Å². The summed E-state index contributed by atoms with van der Waals surface area (Å²) in [5, 5.41) is 6.96. The van der Waals surface area contributed by atoms with E-state index in [1.165, 1.54) is 43.4 Å². The third kappa shape index (κ3) is 3.06. The third-order valence-corrected chi connectivity index (χ3v) is 4.36. The first-order valence-electron chi connectivity index (χ1n) is 7.64. The Hall–Kier alpha value is -1.16. The van der Waals surface area contributed by atoms with Crippen molar-refractivity contribution >= 4 is 5.82 Å². The van der Waals surface area contributed by atoms with Gasteiger partial charge in [0.2, 0.25) is 0 Å². The minimum Gasteiger partial charge on any atom is -0.370 e. The molecule has 1 fully saturated rings. The van der Waals surface area contributed by atoms with E-state index in [2.05, 4.69) is 20.6 Å². The molecular formula is C15H24N4. The second-order valence-electron chi connectivity index (χ2n) is 5.84. The molecule has 0 bridgehead atoms. The molecule has 2 heterocycles. The lowest BCUT2D eigenvalue weighted by molar-refractivity contribution is 0.517. The Morgan fingerprint density at radius 3 is 2.95 bits per heavy atom. The lowest BCUT2D eigenvalue weighted by Crippen LogP contribution is -2.27. The molecule has 4 heteroatoms. The van der Waals surface area contributed by atoms with Gasteiger partial charge in [-0.05, 0) is 19.3 Å². The van der Waals surface area contributed by atoms with Crippen LogP contribution in [0.5, 0.6) is 0 Å². The molecule has 0 amide bonds. The number of aryl methyl sites for hydroxylation is 1. The zero-order valence-electron chi connectivity index (χ0n) is 11.8. The molecule has 4 nitrogen and oxygen atoms in total. The van der Waals surface area contributed by atoms with Gasteiger partial charge < -0.3 is 10.6 Å². The zero-order chi connectivity index (χ0) is 13.1. The number of nitrogens with one attached hydrogen (secondary N) is 2. The quantitative estimate of drug-likeness (QED) is 0.873. The van der Waals surface area contributed by atoms with Crippen LogP contribution in [0.4, 0.5) is 5.82 Å². The number of rotatable bonds is 4. The van der Waals surface area contributed by atoms with Crippen molar-refractivity contribution in [3.05, 3.63) is 17.1 Å². The summed E-state index contributed by atoms with van der Waals surface area (Å²) >= 11 is 0. The number of hydrogen-bond acceptors (Lipinski definition) is 4. The van der Waals surface area contributed by atoms with Gasteiger partial charge in [0.05, 0.1) is 5.69 Å². The Bertz CT molecular complexity index is 438. The molecule has 2 aliphatic rings. The van der Waals surface area contributed by atoms with Gasteiger partial charge in [-0.3, -0.25) is 0 Å². The Balaban J connectivity index is 1.64. The first kappa shape index (κ1) is 12.9. The summed E-state index contributed by atoms with van der Waals surface area (Å²) in [5.41, 5.74) is 2.51. The molecule has 0 spiro atoms. The van der Waals surface area contributed by atoms with Crippen LogP contribution in [0.2, 0.25) is 0 Å². The van der Waals surface area contributed by atoms with Gasteiger partial charge in [-0.15, -0.1) is 0 Å². The summed E-state index contributed by atoms with van der Waals surface area (Å²) in [4.78, 5) is 9.16. The second-order valence-corrected chi connectivity index (χ2v) is 5.84. The average Bonchev–Trinajstić information content (AvgIpc) is 2.91. The number of hydrogen-bond donors (Lipinski definition) is 2. The normalized spacial score (nSPS) is 19.4. The van der Waals surface area contributed by atoms with Crippen LogP contribution in [-0.4, -0.2) is 23.1 Å². The Labute approximate surface area is 115 Å².